The van der Waals surface area contributed by atoms with Crippen LogP contribution < -0.4 is 0 Å². The molecule has 4 aromatic rings. The summed E-state index contributed by atoms with van der Waals surface area (Å²) in [6, 6.07) is 15.7. The molecule has 2 aromatic carbocycles. The zero-order chi connectivity index (χ0) is 25.1. The van der Waals surface area contributed by atoms with Crippen LogP contribution in [0.4, 0.5) is 0 Å². The number of carbonyl (C=O) groups is 1. The van der Waals surface area contributed by atoms with Crippen LogP contribution in [0, 0.1) is 0 Å². The van der Waals surface area contributed by atoms with Gasteiger partial charge in [-0.3, -0.25) is 4.98 Å². The summed E-state index contributed by atoms with van der Waals surface area (Å²) < 4.78 is 7.66. The molecule has 0 spiro atoms. The van der Waals surface area contributed by atoms with E-state index in [1.54, 1.807) is 19.3 Å². The van der Waals surface area contributed by atoms with Crippen molar-refractivity contribution in [2.45, 2.75) is 20.0 Å². The van der Waals surface area contributed by atoms with Crippen molar-refractivity contribution in [1.29, 1.82) is 0 Å². The maximum absolute atomic E-state index is 13.5. The Hall–Kier alpha value is -2.81. The third-order valence-electron chi connectivity index (χ3n) is 5.84. The number of esters is 1. The highest BCUT2D eigenvalue weighted by Crippen LogP contribution is 2.43. The minimum absolute atomic E-state index is 0. The lowest BCUT2D eigenvalue weighted by Crippen LogP contribution is -2.18. The van der Waals surface area contributed by atoms with Crippen LogP contribution in [0.3, 0.4) is 0 Å². The molecule has 0 aliphatic rings. The molecule has 38 heavy (non-hydrogen) atoms. The highest BCUT2D eigenvalue weighted by Gasteiger charge is 2.29. The minimum Gasteiger partial charge on any atom is -0.507 e. The van der Waals surface area contributed by atoms with Crippen LogP contribution in [0.2, 0.25) is 0 Å². The molecule has 0 amide bonds. The van der Waals surface area contributed by atoms with Crippen LogP contribution in [-0.4, -0.2) is 65.2 Å². The first-order valence-electron chi connectivity index (χ1n) is 11.7. The van der Waals surface area contributed by atoms with Crippen molar-refractivity contribution in [1.82, 2.24) is 19.4 Å². The first-order chi connectivity index (χ1) is 16.8. The molecule has 0 atom stereocenters. The van der Waals surface area contributed by atoms with Crippen LogP contribution in [-0.2, 0) is 17.8 Å². The number of benzene rings is 2. The largest absolute Gasteiger partial charge is 0.507 e. The Bertz CT molecular complexity index is 1340. The van der Waals surface area contributed by atoms with Crippen molar-refractivity contribution in [3.05, 3.63) is 77.7 Å². The molecule has 0 saturated carbocycles. The van der Waals surface area contributed by atoms with Gasteiger partial charge in [-0.1, -0.05) is 24.3 Å². The number of hydrogen-bond acceptors (Lipinski definition) is 6. The molecular weight excluding hydrogens is 547 g/mol. The summed E-state index contributed by atoms with van der Waals surface area (Å²) in [6.07, 6.45) is 3.45. The van der Waals surface area contributed by atoms with Gasteiger partial charge in [-0.15, -0.1) is 37.2 Å². The normalized spacial score (nSPS) is 10.6. The highest BCUT2D eigenvalue weighted by molar-refractivity contribution is 6.10. The zero-order valence-corrected chi connectivity index (χ0v) is 24.6. The molecule has 2 heterocycles. The molecule has 7 nitrogen and oxygen atoms in total. The number of pyridine rings is 1. The fourth-order valence-corrected chi connectivity index (χ4v) is 4.53. The van der Waals surface area contributed by atoms with E-state index >= 15 is 0 Å². The minimum atomic E-state index is -0.391. The Morgan fingerprint density at radius 1 is 0.974 bits per heavy atom. The fourth-order valence-electron chi connectivity index (χ4n) is 4.53. The number of aromatic hydroxyl groups is 1. The lowest BCUT2D eigenvalue weighted by molar-refractivity contribution is 0.0526. The van der Waals surface area contributed by atoms with Gasteiger partial charge in [0, 0.05) is 53.2 Å². The van der Waals surface area contributed by atoms with Crippen molar-refractivity contribution in [2.24, 2.45) is 0 Å². The van der Waals surface area contributed by atoms with Gasteiger partial charge in [-0.05, 0) is 59.4 Å². The van der Waals surface area contributed by atoms with Crippen molar-refractivity contribution >= 4 is 54.1 Å². The van der Waals surface area contributed by atoms with Crippen LogP contribution in [0.1, 0.15) is 28.5 Å². The summed E-state index contributed by atoms with van der Waals surface area (Å²) in [5, 5.41) is 12.3. The van der Waals surface area contributed by atoms with Gasteiger partial charge in [-0.25, -0.2) is 4.79 Å². The maximum atomic E-state index is 13.5. The Balaban J connectivity index is 0.00000241. The number of phenolic OH excluding ortho intramolecular Hbond substituents is 1. The summed E-state index contributed by atoms with van der Waals surface area (Å²) >= 11 is 0. The van der Waals surface area contributed by atoms with E-state index in [4.69, 9.17) is 4.74 Å². The molecular formula is C28H35Cl3N4O3. The number of carbonyl (C=O) groups excluding carboxylic acids is 1. The lowest BCUT2D eigenvalue weighted by atomic mass is 9.96. The van der Waals surface area contributed by atoms with E-state index in [0.717, 1.165) is 22.5 Å². The summed E-state index contributed by atoms with van der Waals surface area (Å²) in [5.41, 5.74) is 5.24. The first kappa shape index (κ1) is 33.2. The molecule has 0 aliphatic carbocycles. The van der Waals surface area contributed by atoms with Crippen LogP contribution in [0.15, 0.2) is 60.9 Å². The van der Waals surface area contributed by atoms with Gasteiger partial charge in [0.05, 0.1) is 23.4 Å². The molecule has 10 heteroatoms. The number of para-hydroxylation sites is 1. The maximum Gasteiger partial charge on any atom is 0.340 e. The van der Waals surface area contributed by atoms with Crippen molar-refractivity contribution in [3.8, 4) is 22.6 Å². The van der Waals surface area contributed by atoms with Gasteiger partial charge >= 0.3 is 5.97 Å². The van der Waals surface area contributed by atoms with E-state index in [1.807, 2.05) is 86.5 Å². The molecule has 0 aliphatic heterocycles. The molecule has 0 radical (unpaired) electrons. The van der Waals surface area contributed by atoms with E-state index in [2.05, 4.69) is 9.55 Å². The van der Waals surface area contributed by atoms with Crippen LogP contribution >= 0.6 is 37.2 Å². The second-order valence-corrected chi connectivity index (χ2v) is 9.08. The number of hydrogen-bond donors (Lipinski definition) is 1. The Morgan fingerprint density at radius 2 is 1.63 bits per heavy atom. The summed E-state index contributed by atoms with van der Waals surface area (Å²) in [5.74, 6) is -0.246. The molecule has 0 saturated heterocycles. The second-order valence-electron chi connectivity index (χ2n) is 9.08. The topological polar surface area (TPSA) is 70.8 Å². The predicted octanol–water partition coefficient (Wildman–Crippen LogP) is 5.96. The summed E-state index contributed by atoms with van der Waals surface area (Å²) in [4.78, 5) is 21.7. The average molecular weight is 582 g/mol. The molecule has 1 N–H and O–H groups in total. The van der Waals surface area contributed by atoms with Gasteiger partial charge in [0.25, 0.3) is 0 Å². The van der Waals surface area contributed by atoms with Crippen molar-refractivity contribution in [3.63, 3.8) is 0 Å². The van der Waals surface area contributed by atoms with E-state index in [9.17, 15) is 9.90 Å². The molecule has 0 fully saturated rings. The fraction of sp³-hybridized carbons (Fsp3) is 0.286. The number of phenols is 1. The molecule has 0 bridgehead atoms. The molecule has 2 aromatic heterocycles. The Morgan fingerprint density at radius 3 is 2.18 bits per heavy atom. The standard InChI is InChI=1S/C28H32N4O3.3ClH/c1-6-35-28(34)26-24(18-31(4)5)32(20-12-8-7-9-13-20)23-15-21(19-11-10-14-29-16-19)27(33)22(25(23)26)17-30(2)3;;;/h7-16,33H,6,17-18H2,1-5H3;3*1H. The Labute approximate surface area is 242 Å². The smallest absolute Gasteiger partial charge is 0.340 e. The third-order valence-corrected chi connectivity index (χ3v) is 5.84. The molecule has 0 unspecified atom stereocenters. The van der Waals surface area contributed by atoms with Gasteiger partial charge in [0.1, 0.15) is 5.75 Å². The van der Waals surface area contributed by atoms with Crippen LogP contribution in [0.5, 0.6) is 5.75 Å². The quantitative estimate of drug-likeness (QED) is 0.259. The van der Waals surface area contributed by atoms with Gasteiger partial charge < -0.3 is 24.2 Å². The van der Waals surface area contributed by atoms with Crippen molar-refractivity contribution in [2.75, 3.05) is 34.8 Å². The van der Waals surface area contributed by atoms with Gasteiger partial charge in [-0.2, -0.15) is 0 Å². The van der Waals surface area contributed by atoms with Gasteiger partial charge in [0.2, 0.25) is 0 Å². The van der Waals surface area contributed by atoms with Crippen molar-refractivity contribution < 1.29 is 14.6 Å². The zero-order valence-electron chi connectivity index (χ0n) is 22.2. The number of fused-ring (bicyclic) bond motifs is 1. The number of aromatic nitrogens is 2. The SMILES string of the molecule is CCOC(=O)c1c(CN(C)C)n(-c2ccccc2)c2cc(-c3cccnc3)c(O)c(CN(C)C)c12.Cl.Cl.Cl. The predicted molar refractivity (Wildman–Crippen MR) is 161 cm³/mol. The average Bonchev–Trinajstić information content (AvgIpc) is 3.14. The van der Waals surface area contributed by atoms with E-state index < -0.39 is 5.97 Å². The molecule has 206 valence electrons. The number of rotatable bonds is 8. The summed E-state index contributed by atoms with van der Waals surface area (Å²) in [6.45, 7) is 3.03. The van der Waals surface area contributed by atoms with Crippen LogP contribution in [0.25, 0.3) is 27.7 Å². The second kappa shape index (κ2) is 14.4. The number of nitrogens with zero attached hydrogens (tertiary/aromatic N) is 4. The molecule has 4 rings (SSSR count). The highest BCUT2D eigenvalue weighted by atomic mass is 35.5. The van der Waals surface area contributed by atoms with E-state index in [-0.39, 0.29) is 49.6 Å². The monoisotopic (exact) mass is 580 g/mol. The van der Waals surface area contributed by atoms with E-state index in [1.165, 1.54) is 0 Å². The third kappa shape index (κ3) is 6.60. The number of halogens is 3. The van der Waals surface area contributed by atoms with Gasteiger partial charge in [0.15, 0.2) is 0 Å². The summed E-state index contributed by atoms with van der Waals surface area (Å²) in [7, 11) is 7.84. The first-order valence-corrected chi connectivity index (χ1v) is 11.7. The lowest BCUT2D eigenvalue weighted by Gasteiger charge is -2.17. The number of ether oxygens (including phenoxy) is 1. The Kier molecular flexibility index (Phi) is 12.6. The van der Waals surface area contributed by atoms with E-state index in [0.29, 0.717) is 35.2 Å².